The van der Waals surface area contributed by atoms with Crippen LogP contribution in [0.1, 0.15) is 28.4 Å². The molecule has 0 radical (unpaired) electrons. The smallest absolute Gasteiger partial charge is 0.257 e. The van der Waals surface area contributed by atoms with Crippen LogP contribution in [0.3, 0.4) is 0 Å². The summed E-state index contributed by atoms with van der Waals surface area (Å²) in [6.45, 7) is 4.08. The van der Waals surface area contributed by atoms with Crippen LogP contribution in [0.15, 0.2) is 48.5 Å². The molecule has 0 bridgehead atoms. The van der Waals surface area contributed by atoms with Gasteiger partial charge in [0.05, 0.1) is 0 Å². The maximum absolute atomic E-state index is 12.1. The summed E-state index contributed by atoms with van der Waals surface area (Å²) in [7, 11) is 0. The van der Waals surface area contributed by atoms with Gasteiger partial charge in [0.25, 0.3) is 5.91 Å². The molecule has 0 spiro atoms. The highest BCUT2D eigenvalue weighted by Gasteiger charge is 2.07. The topological polar surface area (TPSA) is 41.1 Å². The van der Waals surface area contributed by atoms with Crippen molar-refractivity contribution in [1.82, 2.24) is 5.32 Å². The lowest BCUT2D eigenvalue weighted by Crippen LogP contribution is -2.34. The molecule has 2 aromatic rings. The lowest BCUT2D eigenvalue weighted by molar-refractivity contribution is 0.0977. The lowest BCUT2D eigenvalue weighted by atomic mass is 10.1. The highest BCUT2D eigenvalue weighted by atomic mass is 32.1. The average molecular weight is 298 g/mol. The zero-order valence-electron chi connectivity index (χ0n) is 12.1. The number of carbonyl (C=O) groups is 1. The van der Waals surface area contributed by atoms with Gasteiger partial charge in [-0.15, -0.1) is 0 Å². The van der Waals surface area contributed by atoms with E-state index in [2.05, 4.69) is 17.6 Å². The largest absolute Gasteiger partial charge is 0.332 e. The second-order valence-electron chi connectivity index (χ2n) is 4.83. The number of aryl methyl sites for hydroxylation is 2. The fourth-order valence-electron chi connectivity index (χ4n) is 1.95. The minimum Gasteiger partial charge on any atom is -0.332 e. The summed E-state index contributed by atoms with van der Waals surface area (Å²) in [6.07, 6.45) is 0.954. The summed E-state index contributed by atoms with van der Waals surface area (Å²) < 4.78 is 0. The third-order valence-corrected chi connectivity index (χ3v) is 3.33. The fraction of sp³-hybridized carbons (Fsp3) is 0.176. The Morgan fingerprint density at radius 1 is 1.14 bits per heavy atom. The van der Waals surface area contributed by atoms with Crippen molar-refractivity contribution in [1.29, 1.82) is 0 Å². The summed E-state index contributed by atoms with van der Waals surface area (Å²) in [6, 6.07) is 15.3. The van der Waals surface area contributed by atoms with Crippen molar-refractivity contribution >= 4 is 28.9 Å². The summed E-state index contributed by atoms with van der Waals surface area (Å²) in [4.78, 5) is 12.1. The first-order valence-electron chi connectivity index (χ1n) is 6.86. The van der Waals surface area contributed by atoms with Crippen molar-refractivity contribution in [3.05, 3.63) is 65.2 Å². The monoisotopic (exact) mass is 298 g/mol. The molecule has 0 heterocycles. The predicted molar refractivity (Wildman–Crippen MR) is 90.7 cm³/mol. The molecular formula is C17H18N2OS. The molecule has 0 aliphatic carbocycles. The molecule has 4 heteroatoms. The number of hydrogen-bond acceptors (Lipinski definition) is 2. The lowest BCUT2D eigenvalue weighted by Gasteiger charge is -2.10. The highest BCUT2D eigenvalue weighted by molar-refractivity contribution is 7.80. The van der Waals surface area contributed by atoms with Gasteiger partial charge in [-0.3, -0.25) is 10.1 Å². The average Bonchev–Trinajstić information content (AvgIpc) is 2.47. The minimum absolute atomic E-state index is 0.206. The molecule has 0 aromatic heterocycles. The van der Waals surface area contributed by atoms with Crippen LogP contribution in [0.5, 0.6) is 0 Å². The van der Waals surface area contributed by atoms with Crippen LogP contribution in [-0.4, -0.2) is 11.0 Å². The van der Waals surface area contributed by atoms with Crippen molar-refractivity contribution in [3.63, 3.8) is 0 Å². The van der Waals surface area contributed by atoms with Crippen molar-refractivity contribution in [2.24, 2.45) is 0 Å². The van der Waals surface area contributed by atoms with Gasteiger partial charge in [0.15, 0.2) is 5.11 Å². The van der Waals surface area contributed by atoms with Gasteiger partial charge in [-0.05, 0) is 61.0 Å². The van der Waals surface area contributed by atoms with E-state index in [0.717, 1.165) is 17.7 Å². The quantitative estimate of drug-likeness (QED) is 0.849. The molecule has 1 amide bonds. The molecule has 3 nitrogen and oxygen atoms in total. The van der Waals surface area contributed by atoms with Gasteiger partial charge in [0, 0.05) is 11.3 Å². The number of carbonyl (C=O) groups excluding carboxylic acids is 1. The van der Waals surface area contributed by atoms with Gasteiger partial charge in [-0.2, -0.15) is 0 Å². The Morgan fingerprint density at radius 2 is 1.86 bits per heavy atom. The van der Waals surface area contributed by atoms with Gasteiger partial charge < -0.3 is 5.32 Å². The Kier molecular flexibility index (Phi) is 5.06. The van der Waals surface area contributed by atoms with Gasteiger partial charge in [-0.1, -0.05) is 31.2 Å². The normalized spacial score (nSPS) is 10.0. The van der Waals surface area contributed by atoms with Crippen molar-refractivity contribution in [2.75, 3.05) is 5.32 Å². The van der Waals surface area contributed by atoms with E-state index < -0.39 is 0 Å². The second-order valence-corrected chi connectivity index (χ2v) is 5.24. The van der Waals surface area contributed by atoms with E-state index in [1.165, 1.54) is 5.56 Å². The second kappa shape index (κ2) is 6.99. The molecule has 0 unspecified atom stereocenters. The van der Waals surface area contributed by atoms with Gasteiger partial charge in [0.2, 0.25) is 0 Å². The first-order valence-corrected chi connectivity index (χ1v) is 7.27. The van der Waals surface area contributed by atoms with E-state index in [-0.39, 0.29) is 5.91 Å². The number of thiocarbonyl (C=S) groups is 1. The molecule has 0 aliphatic rings. The standard InChI is InChI=1S/C17H18N2OS/c1-3-13-7-9-14(10-8-13)16(20)19-17(21)18-15-6-4-5-12(2)11-15/h4-11H,3H2,1-2H3,(H2,18,19,20,21). The molecule has 2 aromatic carbocycles. The molecule has 2 rings (SSSR count). The van der Waals surface area contributed by atoms with Crippen LogP contribution in [0.4, 0.5) is 5.69 Å². The molecule has 0 saturated carbocycles. The summed E-state index contributed by atoms with van der Waals surface area (Å²) in [5, 5.41) is 5.98. The zero-order chi connectivity index (χ0) is 15.2. The van der Waals surface area contributed by atoms with Gasteiger partial charge >= 0.3 is 0 Å². The molecule has 0 fully saturated rings. The number of amides is 1. The highest BCUT2D eigenvalue weighted by Crippen LogP contribution is 2.09. The Bertz CT molecular complexity index is 650. The Hall–Kier alpha value is -2.20. The maximum Gasteiger partial charge on any atom is 0.257 e. The van der Waals surface area contributed by atoms with Crippen LogP contribution in [0.2, 0.25) is 0 Å². The first kappa shape index (κ1) is 15.2. The van der Waals surface area contributed by atoms with Gasteiger partial charge in [-0.25, -0.2) is 0 Å². The first-order chi connectivity index (χ1) is 10.1. The fourth-order valence-corrected chi connectivity index (χ4v) is 2.16. The van der Waals surface area contributed by atoms with Crippen LogP contribution in [-0.2, 0) is 6.42 Å². The van der Waals surface area contributed by atoms with E-state index in [0.29, 0.717) is 10.7 Å². The number of rotatable bonds is 3. The molecule has 21 heavy (non-hydrogen) atoms. The Labute approximate surface area is 130 Å². The Balaban J connectivity index is 1.96. The van der Waals surface area contributed by atoms with Crippen LogP contribution in [0, 0.1) is 6.92 Å². The summed E-state index contributed by atoms with van der Waals surface area (Å²) in [5.41, 5.74) is 3.79. The predicted octanol–water partition coefficient (Wildman–Crippen LogP) is 3.68. The van der Waals surface area contributed by atoms with Crippen LogP contribution in [0.25, 0.3) is 0 Å². The number of nitrogens with one attached hydrogen (secondary N) is 2. The maximum atomic E-state index is 12.1. The zero-order valence-corrected chi connectivity index (χ0v) is 13.0. The van der Waals surface area contributed by atoms with Crippen molar-refractivity contribution < 1.29 is 4.79 Å². The van der Waals surface area contributed by atoms with E-state index in [4.69, 9.17) is 12.2 Å². The third kappa shape index (κ3) is 4.39. The van der Waals surface area contributed by atoms with E-state index in [1.807, 2.05) is 55.5 Å². The van der Waals surface area contributed by atoms with E-state index in [1.54, 1.807) is 0 Å². The molecule has 0 saturated heterocycles. The van der Waals surface area contributed by atoms with E-state index >= 15 is 0 Å². The van der Waals surface area contributed by atoms with Crippen molar-refractivity contribution in [2.45, 2.75) is 20.3 Å². The SMILES string of the molecule is CCc1ccc(C(=O)NC(=S)Nc2cccc(C)c2)cc1. The minimum atomic E-state index is -0.206. The number of benzene rings is 2. The summed E-state index contributed by atoms with van der Waals surface area (Å²) >= 11 is 5.16. The van der Waals surface area contributed by atoms with E-state index in [9.17, 15) is 4.79 Å². The van der Waals surface area contributed by atoms with Crippen LogP contribution < -0.4 is 10.6 Å². The molecule has 0 atom stereocenters. The molecule has 0 aliphatic heterocycles. The number of hydrogen-bond donors (Lipinski definition) is 2. The van der Waals surface area contributed by atoms with Gasteiger partial charge in [0.1, 0.15) is 0 Å². The molecule has 108 valence electrons. The number of anilines is 1. The molecular weight excluding hydrogens is 280 g/mol. The Morgan fingerprint density at radius 3 is 2.48 bits per heavy atom. The van der Waals surface area contributed by atoms with Crippen molar-refractivity contribution in [3.8, 4) is 0 Å². The summed E-state index contributed by atoms with van der Waals surface area (Å²) in [5.74, 6) is -0.206. The molecule has 2 N–H and O–H groups in total. The third-order valence-electron chi connectivity index (χ3n) is 3.13. The van der Waals surface area contributed by atoms with Crippen LogP contribution >= 0.6 is 12.2 Å².